The van der Waals surface area contributed by atoms with Crippen LogP contribution >= 0.6 is 0 Å². The van der Waals surface area contributed by atoms with Crippen LogP contribution < -0.4 is 5.73 Å². The first kappa shape index (κ1) is 26.8. The summed E-state index contributed by atoms with van der Waals surface area (Å²) in [6.45, 7) is 16.5. The van der Waals surface area contributed by atoms with Crippen LogP contribution in [-0.2, 0) is 0 Å². The second-order valence-corrected chi connectivity index (χ2v) is 4.59. The minimum Gasteiger partial charge on any atom is -0.508 e. The molecule has 0 bridgehead atoms. The molecule has 0 aliphatic carbocycles. The predicted molar refractivity (Wildman–Crippen MR) is 104 cm³/mol. The second-order valence-electron chi connectivity index (χ2n) is 4.59. The topological polar surface area (TPSA) is 66.5 Å². The Hall–Kier alpha value is -1.06. The molecule has 23 heavy (non-hydrogen) atoms. The van der Waals surface area contributed by atoms with Gasteiger partial charge in [-0.3, -0.25) is 0 Å². The summed E-state index contributed by atoms with van der Waals surface area (Å²) in [5.41, 5.74) is 6.05. The molecule has 0 spiro atoms. The van der Waals surface area contributed by atoms with E-state index in [4.69, 9.17) is 5.73 Å². The molecule has 1 aromatic carbocycles. The molecule has 1 rings (SSSR count). The first-order chi connectivity index (χ1) is 11.1. The molecule has 2 unspecified atom stereocenters. The standard InChI is InChI=1S/C14H23NO2.3C2H6/c1-3-9-14(17,4-2)13(10-15)11-5-7-12(16)8-6-11;3*1-2/h5-8,13,16-17H,3-4,9-10,15H2,1-2H3;3*1-2H3. The molecule has 0 saturated carbocycles. The maximum atomic E-state index is 10.7. The SMILES string of the molecule is CC.CC.CC.CCCC(O)(CC)C(CN)c1ccc(O)cc1. The zero-order chi connectivity index (χ0) is 18.9. The molecule has 3 heteroatoms. The van der Waals surface area contributed by atoms with Crippen LogP contribution in [0, 0.1) is 0 Å². The number of hydrogen-bond donors (Lipinski definition) is 3. The van der Waals surface area contributed by atoms with Crippen LogP contribution in [0.1, 0.15) is 86.1 Å². The van der Waals surface area contributed by atoms with Crippen molar-refractivity contribution in [3.05, 3.63) is 29.8 Å². The molecule has 2 atom stereocenters. The highest BCUT2D eigenvalue weighted by Gasteiger charge is 2.34. The Kier molecular flexibility index (Phi) is 20.2. The Morgan fingerprint density at radius 3 is 1.70 bits per heavy atom. The quantitative estimate of drug-likeness (QED) is 0.650. The Morgan fingerprint density at radius 1 is 0.957 bits per heavy atom. The number of benzene rings is 1. The lowest BCUT2D eigenvalue weighted by Crippen LogP contribution is -2.39. The van der Waals surface area contributed by atoms with Gasteiger partial charge in [0.05, 0.1) is 5.60 Å². The Balaban J connectivity index is -0.000000595. The van der Waals surface area contributed by atoms with Crippen molar-refractivity contribution >= 4 is 0 Å². The number of nitrogens with two attached hydrogens (primary N) is 1. The van der Waals surface area contributed by atoms with Crippen LogP contribution in [0.25, 0.3) is 0 Å². The molecule has 0 amide bonds. The summed E-state index contributed by atoms with van der Waals surface area (Å²) < 4.78 is 0. The zero-order valence-corrected chi connectivity index (χ0v) is 16.7. The van der Waals surface area contributed by atoms with Gasteiger partial charge in [0.1, 0.15) is 5.75 Å². The van der Waals surface area contributed by atoms with Crippen LogP contribution in [0.3, 0.4) is 0 Å². The molecule has 0 fully saturated rings. The van der Waals surface area contributed by atoms with Gasteiger partial charge in [-0.25, -0.2) is 0 Å². The van der Waals surface area contributed by atoms with Gasteiger partial charge in [-0.1, -0.05) is 73.9 Å². The molecular weight excluding hydrogens is 286 g/mol. The Morgan fingerprint density at radius 2 is 1.39 bits per heavy atom. The van der Waals surface area contributed by atoms with Gasteiger partial charge in [0, 0.05) is 12.5 Å². The highest BCUT2D eigenvalue weighted by Crippen LogP contribution is 2.34. The van der Waals surface area contributed by atoms with Crippen LogP contribution in [0.5, 0.6) is 5.75 Å². The Bertz CT molecular complexity index is 338. The van der Waals surface area contributed by atoms with Gasteiger partial charge in [0.25, 0.3) is 0 Å². The average Bonchev–Trinajstić information content (AvgIpc) is 2.62. The van der Waals surface area contributed by atoms with Crippen molar-refractivity contribution in [2.24, 2.45) is 5.73 Å². The van der Waals surface area contributed by atoms with Gasteiger partial charge >= 0.3 is 0 Å². The number of aromatic hydroxyl groups is 1. The third kappa shape index (κ3) is 9.62. The largest absolute Gasteiger partial charge is 0.508 e. The van der Waals surface area contributed by atoms with Crippen molar-refractivity contribution in [1.82, 2.24) is 0 Å². The van der Waals surface area contributed by atoms with Crippen molar-refractivity contribution in [3.63, 3.8) is 0 Å². The molecular formula is C20H41NO2. The minimum atomic E-state index is -0.750. The van der Waals surface area contributed by atoms with E-state index >= 15 is 0 Å². The maximum Gasteiger partial charge on any atom is 0.115 e. The lowest BCUT2D eigenvalue weighted by Gasteiger charge is -2.35. The number of hydrogen-bond acceptors (Lipinski definition) is 3. The van der Waals surface area contributed by atoms with E-state index in [1.54, 1.807) is 12.1 Å². The van der Waals surface area contributed by atoms with Gasteiger partial charge in [-0.05, 0) is 30.5 Å². The minimum absolute atomic E-state index is 0.0759. The van der Waals surface area contributed by atoms with Crippen LogP contribution in [-0.4, -0.2) is 22.4 Å². The van der Waals surface area contributed by atoms with E-state index in [0.717, 1.165) is 18.4 Å². The van der Waals surface area contributed by atoms with E-state index in [-0.39, 0.29) is 11.7 Å². The highest BCUT2D eigenvalue weighted by atomic mass is 16.3. The van der Waals surface area contributed by atoms with Crippen molar-refractivity contribution < 1.29 is 10.2 Å². The van der Waals surface area contributed by atoms with E-state index in [1.807, 2.05) is 60.6 Å². The molecule has 0 heterocycles. The normalized spacial score (nSPS) is 13.0. The first-order valence-electron chi connectivity index (χ1n) is 9.28. The van der Waals surface area contributed by atoms with Crippen LogP contribution in [0.2, 0.25) is 0 Å². The third-order valence-corrected chi connectivity index (χ3v) is 3.47. The van der Waals surface area contributed by atoms with Crippen LogP contribution in [0.4, 0.5) is 0 Å². The molecule has 138 valence electrons. The molecule has 1 aromatic rings. The van der Waals surface area contributed by atoms with Crippen molar-refractivity contribution in [2.75, 3.05) is 6.54 Å². The molecule has 0 aliphatic rings. The van der Waals surface area contributed by atoms with Crippen LogP contribution in [0.15, 0.2) is 24.3 Å². The summed E-state index contributed by atoms with van der Waals surface area (Å²) in [6, 6.07) is 6.95. The molecule has 3 nitrogen and oxygen atoms in total. The van der Waals surface area contributed by atoms with Gasteiger partial charge in [-0.15, -0.1) is 0 Å². The maximum absolute atomic E-state index is 10.7. The zero-order valence-electron chi connectivity index (χ0n) is 16.7. The van der Waals surface area contributed by atoms with E-state index < -0.39 is 5.60 Å². The molecule has 0 radical (unpaired) electrons. The fraction of sp³-hybridized carbons (Fsp3) is 0.700. The fourth-order valence-electron chi connectivity index (χ4n) is 2.40. The summed E-state index contributed by atoms with van der Waals surface area (Å²) in [4.78, 5) is 0. The van der Waals surface area contributed by atoms with Gasteiger partial charge in [-0.2, -0.15) is 0 Å². The highest BCUT2D eigenvalue weighted by molar-refractivity contribution is 5.30. The molecule has 0 aromatic heterocycles. The molecule has 0 aliphatic heterocycles. The number of phenols is 1. The lowest BCUT2D eigenvalue weighted by atomic mass is 9.77. The smallest absolute Gasteiger partial charge is 0.115 e. The fourth-order valence-corrected chi connectivity index (χ4v) is 2.40. The summed E-state index contributed by atoms with van der Waals surface area (Å²) >= 11 is 0. The van der Waals surface area contributed by atoms with Gasteiger partial charge in [0.2, 0.25) is 0 Å². The van der Waals surface area contributed by atoms with Gasteiger partial charge < -0.3 is 15.9 Å². The summed E-state index contributed by atoms with van der Waals surface area (Å²) in [6.07, 6.45) is 2.36. The number of aliphatic hydroxyl groups is 1. The van der Waals surface area contributed by atoms with Gasteiger partial charge in [0.15, 0.2) is 0 Å². The number of rotatable bonds is 6. The molecule has 4 N–H and O–H groups in total. The third-order valence-electron chi connectivity index (χ3n) is 3.47. The summed E-state index contributed by atoms with van der Waals surface area (Å²) in [5.74, 6) is 0.160. The van der Waals surface area contributed by atoms with E-state index in [1.165, 1.54) is 0 Å². The lowest BCUT2D eigenvalue weighted by molar-refractivity contribution is 0.00140. The summed E-state index contributed by atoms with van der Waals surface area (Å²) in [7, 11) is 0. The molecule has 0 saturated heterocycles. The van der Waals surface area contributed by atoms with E-state index in [2.05, 4.69) is 6.92 Å². The Labute approximate surface area is 144 Å². The van der Waals surface area contributed by atoms with Crippen molar-refractivity contribution in [1.29, 1.82) is 0 Å². The average molecular weight is 328 g/mol. The first-order valence-corrected chi connectivity index (χ1v) is 9.28. The van der Waals surface area contributed by atoms with E-state index in [9.17, 15) is 10.2 Å². The van der Waals surface area contributed by atoms with E-state index in [0.29, 0.717) is 13.0 Å². The predicted octanol–water partition coefficient (Wildman–Crippen LogP) is 5.45. The van der Waals surface area contributed by atoms with Crippen molar-refractivity contribution in [3.8, 4) is 5.75 Å². The summed E-state index contributed by atoms with van der Waals surface area (Å²) in [5, 5.41) is 19.9. The number of phenolic OH excluding ortho intramolecular Hbond substituents is 1. The monoisotopic (exact) mass is 327 g/mol. The van der Waals surface area contributed by atoms with Crippen molar-refractivity contribution in [2.45, 2.75) is 86.2 Å². The second kappa shape index (κ2) is 17.3.